The molecule has 2 unspecified atom stereocenters. The first-order valence-corrected chi connectivity index (χ1v) is 7.15. The van der Waals surface area contributed by atoms with Crippen molar-refractivity contribution in [1.29, 1.82) is 0 Å². The van der Waals surface area contributed by atoms with Crippen LogP contribution in [0, 0.1) is 0 Å². The smallest absolute Gasteiger partial charge is 0.0644 e. The molecule has 2 atom stereocenters. The quantitative estimate of drug-likeness (QED) is 0.845. The van der Waals surface area contributed by atoms with Gasteiger partial charge >= 0.3 is 0 Å². The highest BCUT2D eigenvalue weighted by Gasteiger charge is 2.47. The molecule has 2 heteroatoms. The third-order valence-electron chi connectivity index (χ3n) is 4.64. The Hall–Kier alpha value is -2.22. The van der Waals surface area contributed by atoms with Gasteiger partial charge in [0, 0.05) is 23.3 Å². The molecule has 2 aliphatic rings. The topological polar surface area (TPSA) is 15.3 Å². The molecular formula is C18H18N2. The zero-order valence-electron chi connectivity index (χ0n) is 11.6. The summed E-state index contributed by atoms with van der Waals surface area (Å²) >= 11 is 0. The van der Waals surface area contributed by atoms with Gasteiger partial charge in [0.15, 0.2) is 0 Å². The lowest BCUT2D eigenvalue weighted by Crippen LogP contribution is -2.48. The summed E-state index contributed by atoms with van der Waals surface area (Å²) in [6, 6.07) is 19.9. The van der Waals surface area contributed by atoms with Gasteiger partial charge in [0.05, 0.1) is 6.04 Å². The van der Waals surface area contributed by atoms with E-state index in [0.717, 1.165) is 6.54 Å². The number of rotatable bonds is 1. The summed E-state index contributed by atoms with van der Waals surface area (Å²) < 4.78 is 0. The minimum Gasteiger partial charge on any atom is -0.389 e. The van der Waals surface area contributed by atoms with Crippen molar-refractivity contribution in [3.8, 4) is 0 Å². The van der Waals surface area contributed by atoms with Crippen molar-refractivity contribution in [1.82, 2.24) is 5.32 Å². The Bertz CT molecular complexity index is 662. The number of fused-ring (bicyclic) bond motifs is 3. The van der Waals surface area contributed by atoms with Crippen molar-refractivity contribution in [3.05, 3.63) is 72.4 Å². The second-order valence-electron chi connectivity index (χ2n) is 5.76. The number of hydrogen-bond acceptors (Lipinski definition) is 2. The fourth-order valence-electron chi connectivity index (χ4n) is 3.58. The summed E-state index contributed by atoms with van der Waals surface area (Å²) in [4.78, 5) is 2.48. The number of para-hydroxylation sites is 2. The Kier molecular flexibility index (Phi) is 2.40. The maximum absolute atomic E-state index is 3.39. The van der Waals surface area contributed by atoms with E-state index in [9.17, 15) is 0 Å². The molecule has 2 nitrogen and oxygen atoms in total. The monoisotopic (exact) mass is 262 g/mol. The van der Waals surface area contributed by atoms with Crippen LogP contribution >= 0.6 is 0 Å². The Balaban J connectivity index is 1.94. The standard InChI is InChI=1S/C18H18N2/c1-18-11-12-19-13-17(18)20(14-7-3-2-4-8-14)16-10-6-5-9-15(16)18/h2-12,17,19H,13H2,1H3. The van der Waals surface area contributed by atoms with Gasteiger partial charge in [-0.05, 0) is 36.9 Å². The Morgan fingerprint density at radius 1 is 1.05 bits per heavy atom. The van der Waals surface area contributed by atoms with Crippen LogP contribution in [-0.2, 0) is 5.41 Å². The summed E-state index contributed by atoms with van der Waals surface area (Å²) in [5, 5.41) is 3.39. The minimum absolute atomic E-state index is 0.0810. The van der Waals surface area contributed by atoms with Gasteiger partial charge in [-0.1, -0.05) is 42.5 Å². The van der Waals surface area contributed by atoms with Crippen molar-refractivity contribution >= 4 is 11.4 Å². The van der Waals surface area contributed by atoms with Crippen molar-refractivity contribution < 1.29 is 0 Å². The Labute approximate surface area is 119 Å². The second kappa shape index (κ2) is 4.14. The zero-order chi connectivity index (χ0) is 13.6. The maximum atomic E-state index is 3.39. The fourth-order valence-corrected chi connectivity index (χ4v) is 3.58. The molecule has 0 saturated carbocycles. The summed E-state index contributed by atoms with van der Waals surface area (Å²) in [5.41, 5.74) is 4.11. The molecule has 100 valence electrons. The number of nitrogens with zero attached hydrogens (tertiary/aromatic N) is 1. The molecule has 0 saturated heterocycles. The molecule has 2 aliphatic heterocycles. The predicted octanol–water partition coefficient (Wildman–Crippen LogP) is 3.58. The highest BCUT2D eigenvalue weighted by Crippen LogP contribution is 2.49. The molecule has 0 spiro atoms. The third kappa shape index (κ3) is 1.45. The summed E-state index contributed by atoms with van der Waals surface area (Å²) in [5.74, 6) is 0. The van der Waals surface area contributed by atoms with Crippen LogP contribution in [-0.4, -0.2) is 12.6 Å². The largest absolute Gasteiger partial charge is 0.389 e. The molecule has 2 aromatic carbocycles. The zero-order valence-corrected chi connectivity index (χ0v) is 11.6. The van der Waals surface area contributed by atoms with Crippen molar-refractivity contribution in [3.63, 3.8) is 0 Å². The van der Waals surface area contributed by atoms with E-state index in [2.05, 4.69) is 84.0 Å². The molecule has 0 radical (unpaired) electrons. The third-order valence-corrected chi connectivity index (χ3v) is 4.64. The van der Waals surface area contributed by atoms with E-state index in [1.54, 1.807) is 0 Å². The van der Waals surface area contributed by atoms with Crippen LogP contribution in [0.4, 0.5) is 11.4 Å². The molecule has 0 aliphatic carbocycles. The van der Waals surface area contributed by atoms with E-state index in [1.165, 1.54) is 16.9 Å². The molecule has 0 bridgehead atoms. The van der Waals surface area contributed by atoms with Gasteiger partial charge in [0.2, 0.25) is 0 Å². The molecule has 1 N–H and O–H groups in total. The van der Waals surface area contributed by atoms with Gasteiger partial charge in [0.25, 0.3) is 0 Å². The molecule has 0 aromatic heterocycles. The van der Waals surface area contributed by atoms with Crippen LogP contribution in [0.15, 0.2) is 66.9 Å². The normalized spacial score (nSPS) is 26.9. The van der Waals surface area contributed by atoms with Crippen LogP contribution in [0.25, 0.3) is 0 Å². The lowest BCUT2D eigenvalue weighted by molar-refractivity contribution is 0.450. The van der Waals surface area contributed by atoms with E-state index in [1.807, 2.05) is 0 Å². The average molecular weight is 262 g/mol. The van der Waals surface area contributed by atoms with Crippen LogP contribution in [0.1, 0.15) is 12.5 Å². The Morgan fingerprint density at radius 3 is 2.65 bits per heavy atom. The molecular weight excluding hydrogens is 244 g/mol. The fraction of sp³-hybridized carbons (Fsp3) is 0.222. The first-order chi connectivity index (χ1) is 9.81. The van der Waals surface area contributed by atoms with Gasteiger partial charge in [0.1, 0.15) is 0 Å². The lowest BCUT2D eigenvalue weighted by Gasteiger charge is -2.37. The first-order valence-electron chi connectivity index (χ1n) is 7.15. The van der Waals surface area contributed by atoms with Crippen LogP contribution < -0.4 is 10.2 Å². The molecule has 20 heavy (non-hydrogen) atoms. The van der Waals surface area contributed by atoms with Gasteiger partial charge in [-0.25, -0.2) is 0 Å². The summed E-state index contributed by atoms with van der Waals surface area (Å²) in [6.45, 7) is 3.31. The van der Waals surface area contributed by atoms with E-state index >= 15 is 0 Å². The minimum atomic E-state index is 0.0810. The van der Waals surface area contributed by atoms with E-state index in [4.69, 9.17) is 0 Å². The number of hydrogen-bond donors (Lipinski definition) is 1. The highest BCUT2D eigenvalue weighted by molar-refractivity contribution is 5.75. The van der Waals surface area contributed by atoms with Gasteiger partial charge in [-0.15, -0.1) is 0 Å². The molecule has 0 amide bonds. The number of anilines is 2. The summed E-state index contributed by atoms with van der Waals surface area (Å²) in [6.07, 6.45) is 4.41. The second-order valence-corrected chi connectivity index (χ2v) is 5.76. The number of benzene rings is 2. The van der Waals surface area contributed by atoms with E-state index in [-0.39, 0.29) is 5.41 Å². The van der Waals surface area contributed by atoms with Crippen molar-refractivity contribution in [2.45, 2.75) is 18.4 Å². The Morgan fingerprint density at radius 2 is 1.80 bits per heavy atom. The van der Waals surface area contributed by atoms with Crippen molar-refractivity contribution in [2.24, 2.45) is 0 Å². The van der Waals surface area contributed by atoms with E-state index in [0.29, 0.717) is 6.04 Å². The van der Waals surface area contributed by atoms with Gasteiger partial charge in [-0.2, -0.15) is 0 Å². The average Bonchev–Trinajstić information content (AvgIpc) is 2.77. The highest BCUT2D eigenvalue weighted by atomic mass is 15.2. The van der Waals surface area contributed by atoms with Gasteiger partial charge < -0.3 is 10.2 Å². The first kappa shape index (κ1) is 11.6. The van der Waals surface area contributed by atoms with Crippen LogP contribution in [0.3, 0.4) is 0 Å². The number of nitrogens with one attached hydrogen (secondary N) is 1. The van der Waals surface area contributed by atoms with E-state index < -0.39 is 0 Å². The summed E-state index contributed by atoms with van der Waals surface area (Å²) in [7, 11) is 0. The van der Waals surface area contributed by atoms with Crippen LogP contribution in [0.5, 0.6) is 0 Å². The molecule has 2 heterocycles. The molecule has 2 aromatic rings. The maximum Gasteiger partial charge on any atom is 0.0644 e. The SMILES string of the molecule is CC12C=CNCC1N(c1ccccc1)c1ccccc12. The van der Waals surface area contributed by atoms with Gasteiger partial charge in [-0.3, -0.25) is 0 Å². The van der Waals surface area contributed by atoms with Crippen LogP contribution in [0.2, 0.25) is 0 Å². The van der Waals surface area contributed by atoms with Crippen molar-refractivity contribution in [2.75, 3.05) is 11.4 Å². The molecule has 0 fully saturated rings. The molecule has 4 rings (SSSR count). The lowest BCUT2D eigenvalue weighted by atomic mass is 9.77. The predicted molar refractivity (Wildman–Crippen MR) is 83.3 cm³/mol.